The Labute approximate surface area is 88.0 Å². The first-order valence-corrected chi connectivity index (χ1v) is 8.50. The van der Waals surface area contributed by atoms with E-state index in [1.165, 1.54) is 21.3 Å². The number of carbonyl (C=O) groups is 1. The quantitative estimate of drug-likeness (QED) is 0.504. The zero-order valence-electron chi connectivity index (χ0n) is 9.16. The van der Waals surface area contributed by atoms with Gasteiger partial charge in [0, 0.05) is 0 Å². The second-order valence-corrected chi connectivity index (χ2v) is 9.09. The zero-order chi connectivity index (χ0) is 11.0. The van der Waals surface area contributed by atoms with Crippen LogP contribution >= 0.6 is 0 Å². The molecule has 6 heteroatoms. The number of rotatable bonds is 7. The van der Waals surface area contributed by atoms with Crippen LogP contribution in [-0.2, 0) is 20.8 Å². The molecule has 0 amide bonds. The predicted molar refractivity (Wildman–Crippen MR) is 52.8 cm³/mol. The predicted octanol–water partition coefficient (Wildman–Crippen LogP) is 0.818. The molecule has 0 saturated carbocycles. The van der Waals surface area contributed by atoms with Crippen LogP contribution in [0.3, 0.4) is 0 Å². The minimum absolute atomic E-state index is 0.242. The van der Waals surface area contributed by atoms with Crippen LogP contribution < -0.4 is 0 Å². The van der Waals surface area contributed by atoms with Gasteiger partial charge in [0.2, 0.25) is 0 Å². The number of hydrogen-bond acceptors (Lipinski definition) is 5. The molecule has 0 heterocycles. The van der Waals surface area contributed by atoms with Crippen LogP contribution in [0.1, 0.15) is 13.3 Å². The summed E-state index contributed by atoms with van der Waals surface area (Å²) < 4.78 is 20.4. The fraction of sp³-hybridized carbons (Fsp3) is 0.875. The fourth-order valence-electron chi connectivity index (χ4n) is 1.04. The van der Waals surface area contributed by atoms with Gasteiger partial charge in [-0.2, -0.15) is 0 Å². The van der Waals surface area contributed by atoms with Gasteiger partial charge >= 0.3 is 87.6 Å². The van der Waals surface area contributed by atoms with E-state index in [0.29, 0.717) is 11.9 Å². The maximum absolute atomic E-state index is 11.1. The summed E-state index contributed by atoms with van der Waals surface area (Å²) in [6.07, 6.45) is 0.281. The monoisotopic (exact) mass is 268 g/mol. The third kappa shape index (κ3) is 4.41. The average Bonchev–Trinajstić information content (AvgIpc) is 2.21. The van der Waals surface area contributed by atoms with Gasteiger partial charge in [-0.1, -0.05) is 0 Å². The van der Waals surface area contributed by atoms with Crippen molar-refractivity contribution >= 4 is 20.2 Å². The van der Waals surface area contributed by atoms with Crippen LogP contribution in [0.2, 0.25) is 5.25 Å². The van der Waals surface area contributed by atoms with E-state index in [2.05, 4.69) is 0 Å². The molecule has 0 aliphatic carbocycles. The standard InChI is InChI=1S/C8H18GeO5/c1-5-14-8(10)6-7-9(11-2,12-3)13-4/h5-7H2,1-4H3. The van der Waals surface area contributed by atoms with Crippen molar-refractivity contribution in [2.24, 2.45) is 0 Å². The number of ether oxygens (including phenoxy) is 1. The molecule has 0 unspecified atom stereocenters. The topological polar surface area (TPSA) is 54.0 Å². The summed E-state index contributed by atoms with van der Waals surface area (Å²) >= 11 is -3.12. The van der Waals surface area contributed by atoms with Crippen molar-refractivity contribution in [2.45, 2.75) is 18.6 Å². The average molecular weight is 267 g/mol. The van der Waals surface area contributed by atoms with E-state index in [1.807, 2.05) is 0 Å². The molecule has 0 radical (unpaired) electrons. The molecule has 0 N–H and O–H groups in total. The second-order valence-electron chi connectivity index (χ2n) is 2.60. The summed E-state index contributed by atoms with van der Waals surface area (Å²) in [7, 11) is 4.62. The molecule has 84 valence electrons. The van der Waals surface area contributed by atoms with Gasteiger partial charge in [-0.3, -0.25) is 0 Å². The molecule has 5 nitrogen and oxygen atoms in total. The van der Waals surface area contributed by atoms with Crippen LogP contribution in [0.15, 0.2) is 0 Å². The number of esters is 1. The van der Waals surface area contributed by atoms with E-state index in [9.17, 15) is 4.79 Å². The summed E-state index contributed by atoms with van der Waals surface area (Å²) in [4.78, 5) is 11.1. The van der Waals surface area contributed by atoms with Gasteiger partial charge in [0.25, 0.3) is 0 Å². The van der Waals surface area contributed by atoms with Crippen LogP contribution in [-0.4, -0.2) is 48.2 Å². The molecule has 0 aromatic heterocycles. The van der Waals surface area contributed by atoms with Gasteiger partial charge in [-0.05, 0) is 0 Å². The normalized spacial score (nSPS) is 11.4. The molecule has 0 atom stereocenters. The van der Waals surface area contributed by atoms with Crippen molar-refractivity contribution in [3.05, 3.63) is 0 Å². The Morgan fingerprint density at radius 2 is 1.64 bits per heavy atom. The van der Waals surface area contributed by atoms with Crippen molar-refractivity contribution < 1.29 is 20.8 Å². The van der Waals surface area contributed by atoms with Crippen molar-refractivity contribution in [1.29, 1.82) is 0 Å². The zero-order valence-corrected chi connectivity index (χ0v) is 11.3. The van der Waals surface area contributed by atoms with Crippen LogP contribution in [0.4, 0.5) is 0 Å². The van der Waals surface area contributed by atoms with Crippen LogP contribution in [0.25, 0.3) is 0 Å². The molecule has 0 rings (SSSR count). The number of hydrogen-bond donors (Lipinski definition) is 0. The van der Waals surface area contributed by atoms with E-state index in [0.717, 1.165) is 0 Å². The Morgan fingerprint density at radius 1 is 1.14 bits per heavy atom. The van der Waals surface area contributed by atoms with Crippen LogP contribution in [0.5, 0.6) is 0 Å². The molecule has 14 heavy (non-hydrogen) atoms. The summed E-state index contributed by atoms with van der Waals surface area (Å²) in [5.41, 5.74) is 0. The van der Waals surface area contributed by atoms with Gasteiger partial charge in [-0.15, -0.1) is 0 Å². The SMILES string of the molecule is CCOC(=O)C[CH2][Ge]([O]C)([O]C)[O]C. The summed E-state index contributed by atoms with van der Waals surface area (Å²) in [6.45, 7) is 2.17. The van der Waals surface area contributed by atoms with Crippen molar-refractivity contribution in [3.8, 4) is 0 Å². The minimum atomic E-state index is -3.12. The van der Waals surface area contributed by atoms with Gasteiger partial charge in [0.1, 0.15) is 0 Å². The molecule has 0 bridgehead atoms. The Kier molecular flexibility index (Phi) is 7.16. The molecule has 0 aliphatic rings. The Balaban J connectivity index is 3.99. The second kappa shape index (κ2) is 7.22. The van der Waals surface area contributed by atoms with Gasteiger partial charge in [0.15, 0.2) is 0 Å². The van der Waals surface area contributed by atoms with Crippen LogP contribution in [0, 0.1) is 0 Å². The third-order valence-electron chi connectivity index (χ3n) is 1.87. The molecule has 0 spiro atoms. The Morgan fingerprint density at radius 3 is 2.00 bits per heavy atom. The molecule has 0 saturated heterocycles. The van der Waals surface area contributed by atoms with E-state index in [4.69, 9.17) is 16.0 Å². The summed E-state index contributed by atoms with van der Waals surface area (Å²) in [5.74, 6) is -0.242. The molecule has 0 aromatic carbocycles. The van der Waals surface area contributed by atoms with E-state index >= 15 is 0 Å². The van der Waals surface area contributed by atoms with E-state index in [1.54, 1.807) is 6.92 Å². The molecule has 0 aromatic rings. The third-order valence-corrected chi connectivity index (χ3v) is 7.60. The van der Waals surface area contributed by atoms with Gasteiger partial charge in [0.05, 0.1) is 0 Å². The maximum atomic E-state index is 11.1. The van der Waals surface area contributed by atoms with Crippen molar-refractivity contribution in [2.75, 3.05) is 27.9 Å². The molecular formula is C8H18GeO5. The van der Waals surface area contributed by atoms with Crippen molar-refractivity contribution in [3.63, 3.8) is 0 Å². The first kappa shape index (κ1) is 13.9. The first-order chi connectivity index (χ1) is 6.64. The fourth-order valence-corrected chi connectivity index (χ4v) is 4.45. The van der Waals surface area contributed by atoms with E-state index < -0.39 is 14.3 Å². The molecule has 0 fully saturated rings. The number of carbonyl (C=O) groups excluding carboxylic acids is 1. The first-order valence-electron chi connectivity index (χ1n) is 4.45. The Hall–Kier alpha value is -0.107. The van der Waals surface area contributed by atoms with E-state index in [-0.39, 0.29) is 12.4 Å². The Bertz CT molecular complexity index is 161. The summed E-state index contributed by atoms with van der Waals surface area (Å²) in [5, 5.41) is 0.488. The van der Waals surface area contributed by atoms with Gasteiger partial charge < -0.3 is 0 Å². The van der Waals surface area contributed by atoms with Crippen molar-refractivity contribution in [1.82, 2.24) is 0 Å². The molecule has 0 aliphatic heterocycles. The molecular weight excluding hydrogens is 249 g/mol. The van der Waals surface area contributed by atoms with Gasteiger partial charge in [-0.25, -0.2) is 0 Å². The summed E-state index contributed by atoms with van der Waals surface area (Å²) in [6, 6.07) is 0.